The van der Waals surface area contributed by atoms with Crippen LogP contribution in [0.3, 0.4) is 0 Å². The number of amides is 1. The number of hydrogen-bond donors (Lipinski definition) is 2. The molecular weight excluding hydrogens is 412 g/mol. The smallest absolute Gasteiger partial charge is 0.251 e. The third-order valence-corrected chi connectivity index (χ3v) is 6.46. The molecule has 0 aliphatic heterocycles. The Labute approximate surface area is 199 Å². The highest BCUT2D eigenvalue weighted by Crippen LogP contribution is 2.28. The van der Waals surface area contributed by atoms with E-state index in [2.05, 4.69) is 22.8 Å². The van der Waals surface area contributed by atoms with Gasteiger partial charge in [0.2, 0.25) is 0 Å². The van der Waals surface area contributed by atoms with Gasteiger partial charge in [0, 0.05) is 31.9 Å². The van der Waals surface area contributed by atoms with Crippen LogP contribution < -0.4 is 10.6 Å². The molecule has 33 heavy (non-hydrogen) atoms. The van der Waals surface area contributed by atoms with Gasteiger partial charge in [0.25, 0.3) is 5.91 Å². The van der Waals surface area contributed by atoms with E-state index in [1.54, 1.807) is 7.11 Å². The lowest BCUT2D eigenvalue weighted by Gasteiger charge is -2.27. The quantitative estimate of drug-likeness (QED) is 0.414. The Morgan fingerprint density at radius 3 is 2.48 bits per heavy atom. The standard InChI is InChI=1S/C28H40N2O3/c1-29-21-26(19-22-11-5-3-6-12-22)30-28(31)25-16-9-15-24(20-25)27(33-18-10-17-32-2)23-13-7-4-8-14-23/h4,7-9,13-16,20,22,26-27,29H,3,5-6,10-12,17-19,21H2,1-2H3,(H,30,31)/t26?,27-/m0/s1. The summed E-state index contributed by atoms with van der Waals surface area (Å²) in [5.41, 5.74) is 2.75. The first kappa shape index (κ1) is 25.4. The number of hydrogen-bond acceptors (Lipinski definition) is 4. The Kier molecular flexibility index (Phi) is 10.9. The maximum atomic E-state index is 13.2. The molecule has 2 aromatic carbocycles. The number of carbonyl (C=O) groups is 1. The second-order valence-electron chi connectivity index (χ2n) is 9.10. The molecule has 0 spiro atoms. The van der Waals surface area contributed by atoms with Crippen molar-refractivity contribution in [2.24, 2.45) is 5.92 Å². The first-order chi connectivity index (χ1) is 16.2. The normalized spacial score (nSPS) is 16.3. The van der Waals surface area contributed by atoms with E-state index >= 15 is 0 Å². The van der Waals surface area contributed by atoms with Crippen LogP contribution >= 0.6 is 0 Å². The van der Waals surface area contributed by atoms with Gasteiger partial charge in [-0.2, -0.15) is 0 Å². The summed E-state index contributed by atoms with van der Waals surface area (Å²) in [6, 6.07) is 18.2. The number of carbonyl (C=O) groups excluding carboxylic acids is 1. The van der Waals surface area contributed by atoms with Crippen LogP contribution in [-0.4, -0.2) is 45.9 Å². The Morgan fingerprint density at radius 1 is 1.00 bits per heavy atom. The summed E-state index contributed by atoms with van der Waals surface area (Å²) in [4.78, 5) is 13.2. The van der Waals surface area contributed by atoms with Crippen LogP contribution in [0.1, 0.15) is 72.5 Å². The zero-order valence-corrected chi connectivity index (χ0v) is 20.2. The van der Waals surface area contributed by atoms with Gasteiger partial charge in [-0.15, -0.1) is 0 Å². The van der Waals surface area contributed by atoms with Crippen LogP contribution in [0.4, 0.5) is 0 Å². The largest absolute Gasteiger partial charge is 0.385 e. The van der Waals surface area contributed by atoms with Crippen LogP contribution in [0, 0.1) is 5.92 Å². The predicted molar refractivity (Wildman–Crippen MR) is 134 cm³/mol. The van der Waals surface area contributed by atoms with Crippen LogP contribution in [0.15, 0.2) is 54.6 Å². The van der Waals surface area contributed by atoms with E-state index in [1.165, 1.54) is 32.1 Å². The SMILES string of the molecule is CNCC(CC1CCCCC1)NC(=O)c1cccc([C@@H](OCCCOC)c2ccccc2)c1. The molecule has 2 aromatic rings. The third-order valence-electron chi connectivity index (χ3n) is 6.46. The lowest BCUT2D eigenvalue weighted by Crippen LogP contribution is -2.42. The van der Waals surface area contributed by atoms with Gasteiger partial charge in [0.1, 0.15) is 6.10 Å². The fourth-order valence-electron chi connectivity index (χ4n) is 4.79. The maximum Gasteiger partial charge on any atom is 0.251 e. The predicted octanol–water partition coefficient (Wildman–Crippen LogP) is 5.12. The minimum absolute atomic E-state index is 0.0147. The Morgan fingerprint density at radius 2 is 1.76 bits per heavy atom. The van der Waals surface area contributed by atoms with Crippen molar-refractivity contribution in [1.82, 2.24) is 10.6 Å². The van der Waals surface area contributed by atoms with E-state index < -0.39 is 0 Å². The number of ether oxygens (including phenoxy) is 2. The second kappa shape index (κ2) is 14.1. The number of benzene rings is 2. The molecule has 1 saturated carbocycles. The summed E-state index contributed by atoms with van der Waals surface area (Å²) < 4.78 is 11.4. The molecule has 1 amide bonds. The van der Waals surface area contributed by atoms with E-state index in [0.717, 1.165) is 30.5 Å². The van der Waals surface area contributed by atoms with Gasteiger partial charge in [-0.25, -0.2) is 0 Å². The number of likely N-dealkylation sites (N-methyl/N-ethyl adjacent to an activating group) is 1. The lowest BCUT2D eigenvalue weighted by molar-refractivity contribution is 0.0616. The zero-order valence-electron chi connectivity index (χ0n) is 20.2. The van der Waals surface area contributed by atoms with Crippen molar-refractivity contribution < 1.29 is 14.3 Å². The molecule has 2 atom stereocenters. The number of rotatable bonds is 13. The average Bonchev–Trinajstić information content (AvgIpc) is 2.85. The highest BCUT2D eigenvalue weighted by Gasteiger charge is 2.22. The molecule has 2 N–H and O–H groups in total. The molecule has 0 aromatic heterocycles. The summed E-state index contributed by atoms with van der Waals surface area (Å²) in [5, 5.41) is 6.54. The fourth-order valence-corrected chi connectivity index (χ4v) is 4.79. The molecule has 1 unspecified atom stereocenters. The number of methoxy groups -OCH3 is 1. The highest BCUT2D eigenvalue weighted by molar-refractivity contribution is 5.94. The molecule has 0 bridgehead atoms. The molecule has 5 heteroatoms. The number of nitrogens with one attached hydrogen (secondary N) is 2. The maximum absolute atomic E-state index is 13.2. The Balaban J connectivity index is 1.71. The van der Waals surface area contributed by atoms with Crippen LogP contribution in [0.2, 0.25) is 0 Å². The zero-order chi connectivity index (χ0) is 23.3. The molecule has 5 nitrogen and oxygen atoms in total. The monoisotopic (exact) mass is 452 g/mol. The molecule has 3 rings (SSSR count). The van der Waals surface area contributed by atoms with Crippen molar-refractivity contribution in [3.05, 3.63) is 71.3 Å². The lowest BCUT2D eigenvalue weighted by atomic mass is 9.84. The van der Waals surface area contributed by atoms with Crippen molar-refractivity contribution in [3.8, 4) is 0 Å². The van der Waals surface area contributed by atoms with Gasteiger partial charge in [0.15, 0.2) is 0 Å². The third kappa shape index (κ3) is 8.26. The summed E-state index contributed by atoms with van der Waals surface area (Å²) in [5.74, 6) is 0.700. The van der Waals surface area contributed by atoms with Crippen LogP contribution in [0.5, 0.6) is 0 Å². The first-order valence-electron chi connectivity index (χ1n) is 12.4. The van der Waals surface area contributed by atoms with Crippen molar-refractivity contribution in [2.75, 3.05) is 33.9 Å². The van der Waals surface area contributed by atoms with Crippen molar-refractivity contribution in [1.29, 1.82) is 0 Å². The van der Waals surface area contributed by atoms with Crippen LogP contribution in [0.25, 0.3) is 0 Å². The van der Waals surface area contributed by atoms with E-state index in [-0.39, 0.29) is 18.1 Å². The first-order valence-corrected chi connectivity index (χ1v) is 12.4. The minimum Gasteiger partial charge on any atom is -0.385 e. The summed E-state index contributed by atoms with van der Waals surface area (Å²) in [6.45, 7) is 2.05. The highest BCUT2D eigenvalue weighted by atomic mass is 16.5. The van der Waals surface area contributed by atoms with E-state index in [0.29, 0.717) is 24.7 Å². The Hall–Kier alpha value is -2.21. The van der Waals surface area contributed by atoms with Gasteiger partial charge in [-0.3, -0.25) is 4.79 Å². The van der Waals surface area contributed by atoms with Gasteiger partial charge in [-0.1, -0.05) is 74.6 Å². The average molecular weight is 453 g/mol. The van der Waals surface area contributed by atoms with Crippen LogP contribution in [-0.2, 0) is 9.47 Å². The van der Waals surface area contributed by atoms with Crippen molar-refractivity contribution in [3.63, 3.8) is 0 Å². The summed E-state index contributed by atoms with van der Waals surface area (Å²) in [7, 11) is 3.65. The Bertz CT molecular complexity index is 821. The molecule has 1 fully saturated rings. The summed E-state index contributed by atoms with van der Waals surface area (Å²) >= 11 is 0. The van der Waals surface area contributed by atoms with Gasteiger partial charge in [0.05, 0.1) is 6.61 Å². The van der Waals surface area contributed by atoms with Crippen molar-refractivity contribution in [2.45, 2.75) is 57.1 Å². The molecule has 180 valence electrons. The van der Waals surface area contributed by atoms with Gasteiger partial charge in [-0.05, 0) is 49.1 Å². The van der Waals surface area contributed by atoms with Gasteiger partial charge < -0.3 is 20.1 Å². The molecule has 1 aliphatic rings. The topological polar surface area (TPSA) is 59.6 Å². The molecule has 1 aliphatic carbocycles. The summed E-state index contributed by atoms with van der Waals surface area (Å²) in [6.07, 6.45) is 8.20. The van der Waals surface area contributed by atoms with E-state index in [9.17, 15) is 4.79 Å². The molecule has 0 radical (unpaired) electrons. The molecular formula is C28H40N2O3. The van der Waals surface area contributed by atoms with Crippen molar-refractivity contribution >= 4 is 5.91 Å². The van der Waals surface area contributed by atoms with E-state index in [4.69, 9.17) is 9.47 Å². The molecule has 0 heterocycles. The minimum atomic E-state index is -0.217. The fraction of sp³-hybridized carbons (Fsp3) is 0.536. The van der Waals surface area contributed by atoms with Gasteiger partial charge >= 0.3 is 0 Å². The molecule has 0 saturated heterocycles. The second-order valence-corrected chi connectivity index (χ2v) is 9.10. The van der Waals surface area contributed by atoms with E-state index in [1.807, 2.05) is 49.5 Å².